The zero-order valence-corrected chi connectivity index (χ0v) is 16.0. The van der Waals surface area contributed by atoms with E-state index in [-0.39, 0.29) is 30.3 Å². The van der Waals surface area contributed by atoms with E-state index in [9.17, 15) is 19.5 Å². The molecule has 1 aliphatic rings. The van der Waals surface area contributed by atoms with Gasteiger partial charge >= 0.3 is 5.97 Å². The summed E-state index contributed by atoms with van der Waals surface area (Å²) in [7, 11) is 0. The van der Waals surface area contributed by atoms with Crippen molar-refractivity contribution in [2.75, 3.05) is 0 Å². The largest absolute Gasteiger partial charge is 0.481 e. The Bertz CT molecular complexity index is 511. The van der Waals surface area contributed by atoms with E-state index in [1.165, 1.54) is 6.92 Å². The molecule has 5 atom stereocenters. The molecule has 1 saturated carbocycles. The van der Waals surface area contributed by atoms with Gasteiger partial charge in [0.05, 0.1) is 5.92 Å². The summed E-state index contributed by atoms with van der Waals surface area (Å²) >= 11 is 0. The number of carboxylic acids is 1. The third-order valence-corrected chi connectivity index (χ3v) is 4.65. The lowest BCUT2D eigenvalue weighted by Gasteiger charge is -2.31. The fourth-order valence-corrected chi connectivity index (χ4v) is 3.76. The van der Waals surface area contributed by atoms with Crippen LogP contribution in [-0.2, 0) is 14.4 Å². The molecule has 9 heteroatoms. The molecule has 150 valence electrons. The molecule has 0 aromatic heterocycles. The number of carboxylic acid groups (broad SMARTS) is 1. The number of aliphatic carboxylic acids is 1. The van der Waals surface area contributed by atoms with Gasteiger partial charge in [0.25, 0.3) is 0 Å². The SMILES string of the molecule is CC(=O)NC(C(=O)NC(C)CC(C)C)C1CC(C(=O)O)CC1NC(N)N. The number of hydrogen-bond acceptors (Lipinski definition) is 6. The number of carbonyl (C=O) groups is 3. The monoisotopic (exact) mass is 371 g/mol. The van der Waals surface area contributed by atoms with Gasteiger partial charge in [0, 0.05) is 24.9 Å². The summed E-state index contributed by atoms with van der Waals surface area (Å²) in [6.45, 7) is 7.36. The topological polar surface area (TPSA) is 160 Å². The van der Waals surface area contributed by atoms with Gasteiger partial charge in [0.2, 0.25) is 11.8 Å². The summed E-state index contributed by atoms with van der Waals surface area (Å²) < 4.78 is 0. The van der Waals surface area contributed by atoms with Crippen LogP contribution in [-0.4, -0.2) is 47.3 Å². The van der Waals surface area contributed by atoms with Crippen molar-refractivity contribution in [1.29, 1.82) is 0 Å². The van der Waals surface area contributed by atoms with E-state index in [1.54, 1.807) is 0 Å². The van der Waals surface area contributed by atoms with Gasteiger partial charge in [-0.3, -0.25) is 19.7 Å². The minimum absolute atomic E-state index is 0.0568. The fourth-order valence-electron chi connectivity index (χ4n) is 3.76. The fraction of sp³-hybridized carbons (Fsp3) is 0.824. The van der Waals surface area contributed by atoms with Gasteiger partial charge in [-0.15, -0.1) is 0 Å². The number of hydrogen-bond donors (Lipinski definition) is 6. The van der Waals surface area contributed by atoms with E-state index < -0.39 is 30.1 Å². The van der Waals surface area contributed by atoms with E-state index >= 15 is 0 Å². The normalized spacial score (nSPS) is 25.2. The third kappa shape index (κ3) is 6.89. The zero-order chi connectivity index (χ0) is 20.0. The first-order valence-corrected chi connectivity index (χ1v) is 9.08. The Morgan fingerprint density at radius 3 is 2.19 bits per heavy atom. The van der Waals surface area contributed by atoms with Crippen LogP contribution in [0.2, 0.25) is 0 Å². The first kappa shape index (κ1) is 22.3. The van der Waals surface area contributed by atoms with Crippen LogP contribution in [0.5, 0.6) is 0 Å². The van der Waals surface area contributed by atoms with Crippen LogP contribution < -0.4 is 27.4 Å². The summed E-state index contributed by atoms with van der Waals surface area (Å²) in [5, 5.41) is 17.9. The zero-order valence-electron chi connectivity index (χ0n) is 16.0. The van der Waals surface area contributed by atoms with Gasteiger partial charge in [0.1, 0.15) is 12.3 Å². The van der Waals surface area contributed by atoms with Crippen LogP contribution in [0.1, 0.15) is 47.0 Å². The number of nitrogens with one attached hydrogen (secondary N) is 3. The van der Waals surface area contributed by atoms with E-state index in [0.29, 0.717) is 12.3 Å². The summed E-state index contributed by atoms with van der Waals surface area (Å²) in [5.74, 6) is -2.22. The van der Waals surface area contributed by atoms with E-state index in [2.05, 4.69) is 29.8 Å². The highest BCUT2D eigenvalue weighted by Crippen LogP contribution is 2.34. The van der Waals surface area contributed by atoms with Crippen molar-refractivity contribution in [3.05, 3.63) is 0 Å². The minimum atomic E-state index is -0.931. The second-order valence-corrected chi connectivity index (χ2v) is 7.69. The van der Waals surface area contributed by atoms with Gasteiger partial charge in [-0.2, -0.15) is 0 Å². The number of nitrogens with two attached hydrogens (primary N) is 2. The molecular formula is C17H33N5O4. The van der Waals surface area contributed by atoms with E-state index in [1.807, 2.05) is 6.92 Å². The molecule has 0 aromatic rings. The van der Waals surface area contributed by atoms with E-state index in [4.69, 9.17) is 11.5 Å². The standard InChI is InChI=1S/C17H33N5O4/c1-8(2)5-9(3)20-15(24)14(21-10(4)23)12-6-11(16(25)26)7-13(12)22-17(18)19/h8-9,11-14,17,22H,5-7,18-19H2,1-4H3,(H,20,24)(H,21,23)(H,25,26). The average molecular weight is 371 g/mol. The third-order valence-electron chi connectivity index (χ3n) is 4.65. The molecule has 1 aliphatic carbocycles. The molecule has 0 saturated heterocycles. The van der Waals surface area contributed by atoms with Crippen molar-refractivity contribution in [3.63, 3.8) is 0 Å². The maximum Gasteiger partial charge on any atom is 0.306 e. The molecule has 0 heterocycles. The van der Waals surface area contributed by atoms with Crippen molar-refractivity contribution in [1.82, 2.24) is 16.0 Å². The summed E-state index contributed by atoms with van der Waals surface area (Å²) in [6, 6.07) is -1.28. The molecule has 2 amide bonds. The van der Waals surface area contributed by atoms with Gasteiger partial charge < -0.3 is 27.2 Å². The highest BCUT2D eigenvalue weighted by Gasteiger charge is 2.44. The van der Waals surface area contributed by atoms with Crippen molar-refractivity contribution in [3.8, 4) is 0 Å². The van der Waals surface area contributed by atoms with Crippen LogP contribution in [0.4, 0.5) is 0 Å². The summed E-state index contributed by atoms with van der Waals surface area (Å²) in [6.07, 6.45) is 0.527. The number of amides is 2. The van der Waals surface area contributed by atoms with Crippen LogP contribution in [0.25, 0.3) is 0 Å². The highest BCUT2D eigenvalue weighted by atomic mass is 16.4. The van der Waals surface area contributed by atoms with Crippen LogP contribution in [0, 0.1) is 17.8 Å². The summed E-state index contributed by atoms with van der Waals surface area (Å²) in [4.78, 5) is 35.9. The Morgan fingerprint density at radius 2 is 1.73 bits per heavy atom. The second-order valence-electron chi connectivity index (χ2n) is 7.69. The highest BCUT2D eigenvalue weighted by molar-refractivity contribution is 5.87. The van der Waals surface area contributed by atoms with Crippen molar-refractivity contribution in [2.24, 2.45) is 29.2 Å². The molecule has 0 spiro atoms. The molecule has 8 N–H and O–H groups in total. The second kappa shape index (κ2) is 9.84. The van der Waals surface area contributed by atoms with Gasteiger partial charge in [-0.25, -0.2) is 0 Å². The minimum Gasteiger partial charge on any atom is -0.481 e. The van der Waals surface area contributed by atoms with Crippen LogP contribution in [0.3, 0.4) is 0 Å². The molecule has 0 aliphatic heterocycles. The van der Waals surface area contributed by atoms with Crippen molar-refractivity contribution >= 4 is 17.8 Å². The van der Waals surface area contributed by atoms with Gasteiger partial charge in [-0.1, -0.05) is 13.8 Å². The molecule has 5 unspecified atom stereocenters. The molecule has 1 fully saturated rings. The quantitative estimate of drug-likeness (QED) is 0.293. The Kier molecular flexibility index (Phi) is 8.45. The summed E-state index contributed by atoms with van der Waals surface area (Å²) in [5.41, 5.74) is 11.2. The van der Waals surface area contributed by atoms with Crippen molar-refractivity contribution in [2.45, 2.75) is 71.4 Å². The predicted molar refractivity (Wildman–Crippen MR) is 97.6 cm³/mol. The molecular weight excluding hydrogens is 338 g/mol. The number of rotatable bonds is 9. The van der Waals surface area contributed by atoms with Crippen LogP contribution >= 0.6 is 0 Å². The maximum absolute atomic E-state index is 12.8. The molecule has 9 nitrogen and oxygen atoms in total. The molecule has 0 radical (unpaired) electrons. The molecule has 1 rings (SSSR count). The smallest absolute Gasteiger partial charge is 0.306 e. The Labute approximate surface area is 154 Å². The van der Waals surface area contributed by atoms with E-state index in [0.717, 1.165) is 6.42 Å². The Hall–Kier alpha value is -1.71. The molecule has 0 aromatic carbocycles. The first-order chi connectivity index (χ1) is 12.0. The molecule has 26 heavy (non-hydrogen) atoms. The maximum atomic E-state index is 12.8. The first-order valence-electron chi connectivity index (χ1n) is 9.08. The lowest BCUT2D eigenvalue weighted by Crippen LogP contribution is -2.58. The molecule has 0 bridgehead atoms. The predicted octanol–water partition coefficient (Wildman–Crippen LogP) is -0.688. The van der Waals surface area contributed by atoms with Gasteiger partial charge in [0.15, 0.2) is 0 Å². The lowest BCUT2D eigenvalue weighted by molar-refractivity contribution is -0.141. The Balaban J connectivity index is 2.98. The van der Waals surface area contributed by atoms with Gasteiger partial charge in [-0.05, 0) is 32.1 Å². The van der Waals surface area contributed by atoms with Crippen molar-refractivity contribution < 1.29 is 19.5 Å². The van der Waals surface area contributed by atoms with Crippen LogP contribution in [0.15, 0.2) is 0 Å². The number of carbonyl (C=O) groups excluding carboxylic acids is 2. The Morgan fingerprint density at radius 1 is 1.12 bits per heavy atom. The average Bonchev–Trinajstić information content (AvgIpc) is 2.86. The lowest BCUT2D eigenvalue weighted by atomic mass is 9.92.